The van der Waals surface area contributed by atoms with Crippen LogP contribution in [0, 0.1) is 5.82 Å². The Bertz CT molecular complexity index is 411. The molecule has 1 amide bonds. The Balaban J connectivity index is 1.82. The number of hydrogen-bond acceptors (Lipinski definition) is 1. The zero-order valence-electron chi connectivity index (χ0n) is 11.3. The lowest BCUT2D eigenvalue weighted by molar-refractivity contribution is -0.121. The van der Waals surface area contributed by atoms with Crippen molar-refractivity contribution in [3.05, 3.63) is 35.6 Å². The highest BCUT2D eigenvalue weighted by Gasteiger charge is 2.14. The fourth-order valence-corrected chi connectivity index (χ4v) is 2.71. The fraction of sp³-hybridized carbons (Fsp3) is 0.562. The summed E-state index contributed by atoms with van der Waals surface area (Å²) in [5.74, 6) is -0.271. The molecule has 104 valence electrons. The summed E-state index contributed by atoms with van der Waals surface area (Å²) in [7, 11) is 0. The smallest absolute Gasteiger partial charge is 0.224 e. The minimum atomic E-state index is -0.281. The molecule has 0 aromatic heterocycles. The van der Waals surface area contributed by atoms with Gasteiger partial charge in [0.2, 0.25) is 5.91 Å². The number of benzene rings is 1. The molecular weight excluding hydrogens is 241 g/mol. The molecule has 0 heterocycles. The number of hydrogen-bond donors (Lipinski definition) is 1. The molecule has 0 spiro atoms. The van der Waals surface area contributed by atoms with Crippen LogP contribution in [0.1, 0.15) is 50.5 Å². The topological polar surface area (TPSA) is 29.1 Å². The van der Waals surface area contributed by atoms with Gasteiger partial charge >= 0.3 is 0 Å². The Morgan fingerprint density at radius 1 is 1.16 bits per heavy atom. The minimum absolute atomic E-state index is 0.0103. The molecule has 1 aromatic rings. The summed E-state index contributed by atoms with van der Waals surface area (Å²) in [5.41, 5.74) is 0.739. The molecule has 0 aliphatic heterocycles. The quantitative estimate of drug-likeness (QED) is 0.887. The van der Waals surface area contributed by atoms with Gasteiger partial charge in [-0.25, -0.2) is 4.39 Å². The Labute approximate surface area is 114 Å². The first-order chi connectivity index (χ1) is 9.24. The molecule has 0 saturated heterocycles. The molecule has 1 N–H and O–H groups in total. The van der Waals surface area contributed by atoms with Crippen LogP contribution in [0.25, 0.3) is 0 Å². The molecule has 0 radical (unpaired) electrons. The Hall–Kier alpha value is -1.38. The number of carbonyl (C=O) groups excluding carboxylic acids is 1. The molecule has 2 rings (SSSR count). The van der Waals surface area contributed by atoms with Gasteiger partial charge in [-0.05, 0) is 30.5 Å². The summed E-state index contributed by atoms with van der Waals surface area (Å²) >= 11 is 0. The summed E-state index contributed by atoms with van der Waals surface area (Å²) in [6.07, 6.45) is 8.70. The van der Waals surface area contributed by atoms with Crippen LogP contribution in [0.2, 0.25) is 0 Å². The van der Waals surface area contributed by atoms with E-state index in [1.165, 1.54) is 44.2 Å². The molecule has 1 saturated carbocycles. The average Bonchev–Trinajstić information content (AvgIpc) is 2.32. The maximum Gasteiger partial charge on any atom is 0.224 e. The molecule has 0 unspecified atom stereocenters. The fourth-order valence-electron chi connectivity index (χ4n) is 2.71. The highest BCUT2D eigenvalue weighted by molar-refractivity contribution is 5.78. The summed E-state index contributed by atoms with van der Waals surface area (Å²) in [6.45, 7) is 0. The van der Waals surface area contributed by atoms with E-state index < -0.39 is 0 Å². The SMILES string of the molecule is O=C(Cc1cccc(F)c1)NC1CCCCCCC1. The Morgan fingerprint density at radius 3 is 2.53 bits per heavy atom. The van der Waals surface area contributed by atoms with Gasteiger partial charge in [-0.3, -0.25) is 4.79 Å². The van der Waals surface area contributed by atoms with Crippen LogP contribution >= 0.6 is 0 Å². The molecule has 0 bridgehead atoms. The van der Waals surface area contributed by atoms with E-state index in [-0.39, 0.29) is 18.1 Å². The monoisotopic (exact) mass is 263 g/mol. The average molecular weight is 263 g/mol. The highest BCUT2D eigenvalue weighted by Crippen LogP contribution is 2.17. The molecule has 0 atom stereocenters. The van der Waals surface area contributed by atoms with Crippen LogP contribution in [0.5, 0.6) is 0 Å². The van der Waals surface area contributed by atoms with Crippen LogP contribution in [-0.2, 0) is 11.2 Å². The maximum absolute atomic E-state index is 13.0. The van der Waals surface area contributed by atoms with Crippen molar-refractivity contribution in [3.8, 4) is 0 Å². The minimum Gasteiger partial charge on any atom is -0.353 e. The standard InChI is InChI=1S/C16H22FNO/c17-14-8-6-7-13(11-14)12-16(19)18-15-9-4-2-1-3-5-10-15/h6-8,11,15H,1-5,9-10,12H2,(H,18,19). The Morgan fingerprint density at radius 2 is 1.84 bits per heavy atom. The third kappa shape index (κ3) is 5.01. The second kappa shape index (κ2) is 7.27. The molecular formula is C16H22FNO. The van der Waals surface area contributed by atoms with Crippen molar-refractivity contribution in [3.63, 3.8) is 0 Å². The number of halogens is 1. The van der Waals surface area contributed by atoms with E-state index in [0.29, 0.717) is 6.04 Å². The number of rotatable bonds is 3. The van der Waals surface area contributed by atoms with Gasteiger partial charge in [0.1, 0.15) is 5.82 Å². The van der Waals surface area contributed by atoms with E-state index >= 15 is 0 Å². The van der Waals surface area contributed by atoms with E-state index in [1.807, 2.05) is 0 Å². The van der Waals surface area contributed by atoms with E-state index in [4.69, 9.17) is 0 Å². The van der Waals surface area contributed by atoms with E-state index in [1.54, 1.807) is 12.1 Å². The van der Waals surface area contributed by atoms with Crippen LogP contribution in [0.15, 0.2) is 24.3 Å². The second-order valence-corrected chi connectivity index (χ2v) is 5.42. The summed E-state index contributed by atoms with van der Waals surface area (Å²) in [6, 6.07) is 6.57. The van der Waals surface area contributed by atoms with Crippen LogP contribution in [-0.4, -0.2) is 11.9 Å². The number of nitrogens with one attached hydrogen (secondary N) is 1. The largest absolute Gasteiger partial charge is 0.353 e. The van der Waals surface area contributed by atoms with Gasteiger partial charge in [0.25, 0.3) is 0 Å². The van der Waals surface area contributed by atoms with Gasteiger partial charge < -0.3 is 5.32 Å². The molecule has 1 fully saturated rings. The van der Waals surface area contributed by atoms with Gasteiger partial charge in [0.05, 0.1) is 6.42 Å². The summed E-state index contributed by atoms with van der Waals surface area (Å²) < 4.78 is 13.0. The van der Waals surface area contributed by atoms with Crippen LogP contribution < -0.4 is 5.32 Å². The van der Waals surface area contributed by atoms with Gasteiger partial charge in [-0.2, -0.15) is 0 Å². The lowest BCUT2D eigenvalue weighted by Crippen LogP contribution is -2.36. The van der Waals surface area contributed by atoms with Crippen molar-refractivity contribution >= 4 is 5.91 Å². The van der Waals surface area contributed by atoms with Crippen molar-refractivity contribution in [1.29, 1.82) is 0 Å². The van der Waals surface area contributed by atoms with Crippen LogP contribution in [0.3, 0.4) is 0 Å². The van der Waals surface area contributed by atoms with Gasteiger partial charge in [-0.15, -0.1) is 0 Å². The Kier molecular flexibility index (Phi) is 5.37. The van der Waals surface area contributed by atoms with Gasteiger partial charge in [0.15, 0.2) is 0 Å². The van der Waals surface area contributed by atoms with Crippen LogP contribution in [0.4, 0.5) is 4.39 Å². The lowest BCUT2D eigenvalue weighted by atomic mass is 9.96. The zero-order chi connectivity index (χ0) is 13.5. The van der Waals surface area contributed by atoms with Crippen molar-refractivity contribution in [1.82, 2.24) is 5.32 Å². The van der Waals surface area contributed by atoms with E-state index in [9.17, 15) is 9.18 Å². The second-order valence-electron chi connectivity index (χ2n) is 5.42. The molecule has 19 heavy (non-hydrogen) atoms. The summed E-state index contributed by atoms with van der Waals surface area (Å²) in [5, 5.41) is 3.09. The number of amides is 1. The highest BCUT2D eigenvalue weighted by atomic mass is 19.1. The number of carbonyl (C=O) groups is 1. The molecule has 1 aliphatic carbocycles. The predicted octanol–water partition coefficient (Wildman–Crippen LogP) is 3.60. The molecule has 3 heteroatoms. The molecule has 1 aliphatic rings. The van der Waals surface area contributed by atoms with Crippen molar-refractivity contribution in [2.75, 3.05) is 0 Å². The maximum atomic E-state index is 13.0. The first kappa shape index (κ1) is 14.0. The normalized spacial score (nSPS) is 17.5. The zero-order valence-corrected chi connectivity index (χ0v) is 11.3. The van der Waals surface area contributed by atoms with Crippen molar-refractivity contribution in [2.45, 2.75) is 57.4 Å². The van der Waals surface area contributed by atoms with Crippen molar-refractivity contribution < 1.29 is 9.18 Å². The molecule has 1 aromatic carbocycles. The van der Waals surface area contributed by atoms with Crippen molar-refractivity contribution in [2.24, 2.45) is 0 Å². The van der Waals surface area contributed by atoms with Gasteiger partial charge in [-0.1, -0.05) is 44.2 Å². The summed E-state index contributed by atoms with van der Waals surface area (Å²) in [4.78, 5) is 12.0. The van der Waals surface area contributed by atoms with Gasteiger partial charge in [0, 0.05) is 6.04 Å². The third-order valence-corrected chi connectivity index (χ3v) is 3.72. The first-order valence-corrected chi connectivity index (χ1v) is 7.28. The molecule has 2 nitrogen and oxygen atoms in total. The lowest BCUT2D eigenvalue weighted by Gasteiger charge is -2.21. The first-order valence-electron chi connectivity index (χ1n) is 7.28. The third-order valence-electron chi connectivity index (χ3n) is 3.72. The predicted molar refractivity (Wildman–Crippen MR) is 74.4 cm³/mol. The van der Waals surface area contributed by atoms with E-state index in [2.05, 4.69) is 5.32 Å². The van der Waals surface area contributed by atoms with E-state index in [0.717, 1.165) is 18.4 Å².